The number of anilines is 1. The molecule has 0 spiro atoms. The molecule has 6 nitrogen and oxygen atoms in total. The van der Waals surface area contributed by atoms with Crippen LogP contribution < -0.4 is 10.6 Å². The van der Waals surface area contributed by atoms with Crippen molar-refractivity contribution >= 4 is 34.1 Å². The van der Waals surface area contributed by atoms with E-state index < -0.39 is 0 Å². The summed E-state index contributed by atoms with van der Waals surface area (Å²) in [5.74, 6) is 1.16. The van der Waals surface area contributed by atoms with Gasteiger partial charge in [-0.1, -0.05) is 41.3 Å². The maximum absolute atomic E-state index is 12.4. The van der Waals surface area contributed by atoms with Crippen LogP contribution in [0.4, 0.5) is 5.13 Å². The number of thioether (sulfide) groups is 1. The van der Waals surface area contributed by atoms with E-state index >= 15 is 0 Å². The number of carbonyl (C=O) groups excluding carboxylic acids is 1. The molecular weight excluding hydrogens is 404 g/mol. The van der Waals surface area contributed by atoms with Crippen LogP contribution in [0.3, 0.4) is 0 Å². The molecule has 2 heterocycles. The lowest BCUT2D eigenvalue weighted by molar-refractivity contribution is -0.119. The number of hydrogen-bond acceptors (Lipinski definition) is 7. The molecule has 4 rings (SSSR count). The first kappa shape index (κ1) is 20.0. The molecule has 2 N–H and O–H groups in total. The normalized spacial score (nSPS) is 14.2. The number of aryl methyl sites for hydroxylation is 2. The number of fused-ring (bicyclic) bond motifs is 1. The lowest BCUT2D eigenvalue weighted by Crippen LogP contribution is -2.28. The highest BCUT2D eigenvalue weighted by Crippen LogP contribution is 2.27. The van der Waals surface area contributed by atoms with Crippen molar-refractivity contribution in [1.82, 2.24) is 15.5 Å². The minimum atomic E-state index is -0.00438. The number of nitrogens with zero attached hydrogens (tertiary/aromatic N) is 2. The van der Waals surface area contributed by atoms with Gasteiger partial charge in [-0.05, 0) is 61.4 Å². The summed E-state index contributed by atoms with van der Waals surface area (Å²) in [6, 6.07) is 10.4. The van der Waals surface area contributed by atoms with Gasteiger partial charge in [0.1, 0.15) is 5.76 Å². The third-order valence-electron chi connectivity index (χ3n) is 4.98. The first-order valence-corrected chi connectivity index (χ1v) is 11.6. The zero-order valence-corrected chi connectivity index (χ0v) is 17.9. The molecule has 2 aromatic heterocycles. The van der Waals surface area contributed by atoms with E-state index in [0.29, 0.717) is 17.4 Å². The number of furan rings is 1. The Morgan fingerprint density at radius 1 is 1.24 bits per heavy atom. The highest BCUT2D eigenvalue weighted by molar-refractivity contribution is 8.01. The van der Waals surface area contributed by atoms with Crippen molar-refractivity contribution in [1.29, 1.82) is 0 Å². The summed E-state index contributed by atoms with van der Waals surface area (Å²) >= 11 is 2.84. The molecule has 29 heavy (non-hydrogen) atoms. The largest absolute Gasteiger partial charge is 0.467 e. The monoisotopic (exact) mass is 428 g/mol. The van der Waals surface area contributed by atoms with Gasteiger partial charge >= 0.3 is 0 Å². The van der Waals surface area contributed by atoms with E-state index in [9.17, 15) is 4.79 Å². The van der Waals surface area contributed by atoms with Crippen LogP contribution in [0.2, 0.25) is 0 Å². The summed E-state index contributed by atoms with van der Waals surface area (Å²) in [5.41, 5.74) is 4.07. The quantitative estimate of drug-likeness (QED) is 0.511. The second kappa shape index (κ2) is 9.45. The molecule has 1 aliphatic carbocycles. The Morgan fingerprint density at radius 3 is 2.93 bits per heavy atom. The van der Waals surface area contributed by atoms with E-state index in [2.05, 4.69) is 39.0 Å². The molecule has 1 amide bonds. The van der Waals surface area contributed by atoms with Crippen LogP contribution in [-0.4, -0.2) is 21.9 Å². The van der Waals surface area contributed by atoms with Crippen molar-refractivity contribution in [3.05, 3.63) is 59.0 Å². The highest BCUT2D eigenvalue weighted by atomic mass is 32.2. The van der Waals surface area contributed by atoms with Gasteiger partial charge in [-0.15, -0.1) is 10.2 Å². The van der Waals surface area contributed by atoms with Crippen LogP contribution in [0, 0.1) is 0 Å². The van der Waals surface area contributed by atoms with Gasteiger partial charge in [-0.2, -0.15) is 0 Å². The van der Waals surface area contributed by atoms with Gasteiger partial charge in [0.15, 0.2) is 4.34 Å². The summed E-state index contributed by atoms with van der Waals surface area (Å²) in [6.07, 6.45) is 6.50. The van der Waals surface area contributed by atoms with Crippen LogP contribution in [0.1, 0.15) is 48.3 Å². The van der Waals surface area contributed by atoms with Crippen LogP contribution >= 0.6 is 23.1 Å². The van der Waals surface area contributed by atoms with Crippen molar-refractivity contribution in [2.45, 2.75) is 49.5 Å². The maximum atomic E-state index is 12.4. The Bertz CT molecular complexity index is 956. The second-order valence-electron chi connectivity index (χ2n) is 7.12. The van der Waals surface area contributed by atoms with Crippen molar-refractivity contribution in [3.8, 4) is 0 Å². The lowest BCUT2D eigenvalue weighted by atomic mass is 9.89. The maximum Gasteiger partial charge on any atom is 0.230 e. The number of amides is 1. The van der Waals surface area contributed by atoms with Crippen LogP contribution in [0.25, 0.3) is 0 Å². The Balaban J connectivity index is 1.24. The second-order valence-corrected chi connectivity index (χ2v) is 9.32. The summed E-state index contributed by atoms with van der Waals surface area (Å²) in [4.78, 5) is 12.4. The number of rotatable bonds is 8. The molecule has 3 aromatic rings. The van der Waals surface area contributed by atoms with Gasteiger partial charge < -0.3 is 15.1 Å². The molecule has 0 saturated heterocycles. The first-order chi connectivity index (χ1) is 14.2. The van der Waals surface area contributed by atoms with Gasteiger partial charge in [0, 0.05) is 0 Å². The molecule has 0 fully saturated rings. The van der Waals surface area contributed by atoms with Crippen molar-refractivity contribution in [3.63, 3.8) is 0 Å². The topological polar surface area (TPSA) is 80.0 Å². The molecule has 1 aromatic carbocycles. The summed E-state index contributed by atoms with van der Waals surface area (Å²) < 4.78 is 6.05. The molecule has 0 aliphatic heterocycles. The standard InChI is InChI=1S/C21H24N4O2S2/c1-14(16-9-8-15-5-2-3-6-17(15)11-16)23-19(26)13-28-21-25-24-20(29-21)22-12-18-7-4-10-27-18/h4,7-11,14H,2-3,5-6,12-13H2,1H3,(H,22,24)(H,23,26). The molecule has 1 unspecified atom stereocenters. The van der Waals surface area contributed by atoms with Crippen LogP contribution in [0.15, 0.2) is 45.4 Å². The zero-order chi connectivity index (χ0) is 20.1. The fourth-order valence-electron chi connectivity index (χ4n) is 3.43. The Labute approximate surface area is 178 Å². The minimum absolute atomic E-state index is 0.000477. The van der Waals surface area contributed by atoms with Gasteiger partial charge in [0.2, 0.25) is 11.0 Å². The fourth-order valence-corrected chi connectivity index (χ4v) is 4.99. The van der Waals surface area contributed by atoms with E-state index in [-0.39, 0.29) is 11.9 Å². The number of carbonyl (C=O) groups is 1. The van der Waals surface area contributed by atoms with Gasteiger partial charge in [-0.25, -0.2) is 0 Å². The Hall–Kier alpha value is -2.32. The molecule has 1 atom stereocenters. The first-order valence-electron chi connectivity index (χ1n) is 9.81. The lowest BCUT2D eigenvalue weighted by Gasteiger charge is -2.20. The number of hydrogen-bond donors (Lipinski definition) is 2. The van der Waals surface area contributed by atoms with E-state index in [4.69, 9.17) is 4.42 Å². The zero-order valence-electron chi connectivity index (χ0n) is 16.3. The summed E-state index contributed by atoms with van der Waals surface area (Å²) in [5, 5.41) is 15.2. The minimum Gasteiger partial charge on any atom is -0.467 e. The SMILES string of the molecule is CC(NC(=O)CSc1nnc(NCc2ccco2)s1)c1ccc2c(c1)CCCC2. The summed E-state index contributed by atoms with van der Waals surface area (Å²) in [7, 11) is 0. The van der Waals surface area contributed by atoms with E-state index in [1.165, 1.54) is 59.1 Å². The van der Waals surface area contributed by atoms with Gasteiger partial charge in [0.05, 0.1) is 24.6 Å². The van der Waals surface area contributed by atoms with E-state index in [0.717, 1.165) is 16.5 Å². The average molecular weight is 429 g/mol. The fraction of sp³-hybridized carbons (Fsp3) is 0.381. The molecule has 8 heteroatoms. The Kier molecular flexibility index (Phi) is 6.51. The third kappa shape index (κ3) is 5.39. The smallest absolute Gasteiger partial charge is 0.230 e. The van der Waals surface area contributed by atoms with Gasteiger partial charge in [-0.3, -0.25) is 4.79 Å². The molecular formula is C21H24N4O2S2. The van der Waals surface area contributed by atoms with Crippen LogP contribution in [0.5, 0.6) is 0 Å². The number of aromatic nitrogens is 2. The van der Waals surface area contributed by atoms with E-state index in [1.54, 1.807) is 6.26 Å². The average Bonchev–Trinajstić information content (AvgIpc) is 3.42. The Morgan fingerprint density at radius 2 is 2.10 bits per heavy atom. The van der Waals surface area contributed by atoms with Gasteiger partial charge in [0.25, 0.3) is 0 Å². The predicted molar refractivity (Wildman–Crippen MR) is 116 cm³/mol. The molecule has 152 valence electrons. The number of benzene rings is 1. The predicted octanol–water partition coefficient (Wildman–Crippen LogP) is 4.59. The van der Waals surface area contributed by atoms with Crippen LogP contribution in [-0.2, 0) is 24.2 Å². The molecule has 0 bridgehead atoms. The van der Waals surface area contributed by atoms with Crippen molar-refractivity contribution in [2.75, 3.05) is 11.1 Å². The highest BCUT2D eigenvalue weighted by Gasteiger charge is 2.15. The summed E-state index contributed by atoms with van der Waals surface area (Å²) in [6.45, 7) is 2.60. The third-order valence-corrected chi connectivity index (χ3v) is 6.99. The number of nitrogens with one attached hydrogen (secondary N) is 2. The van der Waals surface area contributed by atoms with Crippen molar-refractivity contribution in [2.24, 2.45) is 0 Å². The molecule has 0 saturated carbocycles. The molecule has 1 aliphatic rings. The molecule has 0 radical (unpaired) electrons. The van der Waals surface area contributed by atoms with Crippen molar-refractivity contribution < 1.29 is 9.21 Å². The van der Waals surface area contributed by atoms with E-state index in [1.807, 2.05) is 19.1 Å².